The highest BCUT2D eigenvalue weighted by Gasteiger charge is 2.18. The van der Waals surface area contributed by atoms with Gasteiger partial charge in [0.1, 0.15) is 0 Å². The topological polar surface area (TPSA) is 78.9 Å². The van der Waals surface area contributed by atoms with Crippen LogP contribution < -0.4 is 24.3 Å². The van der Waals surface area contributed by atoms with Gasteiger partial charge in [-0.3, -0.25) is 4.79 Å². The van der Waals surface area contributed by atoms with Crippen molar-refractivity contribution < 1.29 is 23.7 Å². The Morgan fingerprint density at radius 1 is 1.00 bits per heavy atom. The lowest BCUT2D eigenvalue weighted by molar-refractivity contribution is -0.115. The first kappa shape index (κ1) is 14.4. The summed E-state index contributed by atoms with van der Waals surface area (Å²) in [6.45, 7) is 0.444. The van der Waals surface area contributed by atoms with Crippen molar-refractivity contribution >= 4 is 32.6 Å². The van der Waals surface area contributed by atoms with Gasteiger partial charge in [-0.05, 0) is 17.7 Å². The molecule has 0 spiro atoms. The van der Waals surface area contributed by atoms with Crippen LogP contribution in [0.5, 0.6) is 23.0 Å². The fraction of sp³-hybridized carbons (Fsp3) is 0.176. The molecular formula is C17H12N2O5S. The molecule has 0 bridgehead atoms. The molecule has 0 atom stereocenters. The lowest BCUT2D eigenvalue weighted by atomic mass is 10.1. The van der Waals surface area contributed by atoms with Crippen LogP contribution in [0.2, 0.25) is 0 Å². The van der Waals surface area contributed by atoms with Crippen molar-refractivity contribution in [2.24, 2.45) is 0 Å². The number of hydrogen-bond donors (Lipinski definition) is 1. The zero-order valence-corrected chi connectivity index (χ0v) is 13.7. The molecule has 0 fully saturated rings. The molecule has 2 aliphatic rings. The standard InChI is InChI=1S/C17H12N2O5S/c20-16(4-9-1-2-11-12(3-9)22-7-21-11)19-17-18-10-5-13-14(24-8-23-13)6-15(10)25-17/h1-3,5-6H,4,7-8H2,(H,18,19,20). The summed E-state index contributed by atoms with van der Waals surface area (Å²) in [5, 5.41) is 3.38. The zero-order valence-electron chi connectivity index (χ0n) is 12.9. The average molecular weight is 356 g/mol. The van der Waals surface area contributed by atoms with Gasteiger partial charge in [0.05, 0.1) is 16.6 Å². The van der Waals surface area contributed by atoms with Crippen LogP contribution in [0.25, 0.3) is 10.2 Å². The Bertz CT molecular complexity index is 959. The SMILES string of the molecule is O=C(Cc1ccc2c(c1)OCO2)Nc1nc2cc3c(cc2s1)OCO3. The molecule has 2 aliphatic heterocycles. The molecule has 3 aromatic rings. The smallest absolute Gasteiger partial charge is 0.231 e. The summed E-state index contributed by atoms with van der Waals surface area (Å²) in [6.07, 6.45) is 0.231. The first-order chi connectivity index (χ1) is 12.2. The molecule has 1 N–H and O–H groups in total. The minimum Gasteiger partial charge on any atom is -0.454 e. The van der Waals surface area contributed by atoms with E-state index in [2.05, 4.69) is 10.3 Å². The van der Waals surface area contributed by atoms with Crippen LogP contribution in [0.15, 0.2) is 30.3 Å². The lowest BCUT2D eigenvalue weighted by Gasteiger charge is -2.03. The quantitative estimate of drug-likeness (QED) is 0.777. The number of nitrogens with one attached hydrogen (secondary N) is 1. The average Bonchev–Trinajstić information content (AvgIpc) is 3.29. The van der Waals surface area contributed by atoms with Crippen LogP contribution in [-0.2, 0) is 11.2 Å². The third-order valence-electron chi connectivity index (χ3n) is 3.93. The summed E-state index contributed by atoms with van der Waals surface area (Å²) < 4.78 is 22.2. The Hall–Kier alpha value is -3.00. The number of hydrogen-bond acceptors (Lipinski definition) is 7. The van der Waals surface area contributed by atoms with Crippen molar-refractivity contribution in [1.29, 1.82) is 0 Å². The minimum absolute atomic E-state index is 0.141. The van der Waals surface area contributed by atoms with E-state index in [-0.39, 0.29) is 25.9 Å². The Morgan fingerprint density at radius 2 is 1.72 bits per heavy atom. The van der Waals surface area contributed by atoms with Gasteiger partial charge < -0.3 is 24.3 Å². The molecule has 1 aromatic heterocycles. The number of amides is 1. The predicted molar refractivity (Wildman–Crippen MR) is 90.6 cm³/mol. The van der Waals surface area contributed by atoms with Crippen molar-refractivity contribution in [3.63, 3.8) is 0 Å². The Labute approximate surface area is 146 Å². The first-order valence-electron chi connectivity index (χ1n) is 7.63. The number of aromatic nitrogens is 1. The maximum absolute atomic E-state index is 12.3. The van der Waals surface area contributed by atoms with Crippen LogP contribution in [0, 0.1) is 0 Å². The summed E-state index contributed by atoms with van der Waals surface area (Å²) in [4.78, 5) is 16.7. The van der Waals surface area contributed by atoms with E-state index in [9.17, 15) is 4.79 Å². The van der Waals surface area contributed by atoms with Gasteiger partial charge in [0.25, 0.3) is 0 Å². The Kier molecular flexibility index (Phi) is 3.17. The van der Waals surface area contributed by atoms with E-state index in [1.165, 1.54) is 11.3 Å². The number of thiazole rings is 1. The van der Waals surface area contributed by atoms with E-state index in [1.54, 1.807) is 0 Å². The molecule has 2 aromatic carbocycles. The van der Waals surface area contributed by atoms with E-state index >= 15 is 0 Å². The van der Waals surface area contributed by atoms with Crippen LogP contribution in [0.4, 0.5) is 5.13 Å². The largest absolute Gasteiger partial charge is 0.454 e. The van der Waals surface area contributed by atoms with Crippen molar-refractivity contribution in [3.05, 3.63) is 35.9 Å². The molecule has 7 nitrogen and oxygen atoms in total. The highest BCUT2D eigenvalue weighted by atomic mass is 32.1. The minimum atomic E-state index is -0.141. The van der Waals surface area contributed by atoms with Gasteiger partial charge >= 0.3 is 0 Å². The first-order valence-corrected chi connectivity index (χ1v) is 8.45. The second-order valence-electron chi connectivity index (χ2n) is 5.60. The molecule has 3 heterocycles. The van der Waals surface area contributed by atoms with Crippen LogP contribution in [-0.4, -0.2) is 24.5 Å². The lowest BCUT2D eigenvalue weighted by Crippen LogP contribution is -2.14. The Morgan fingerprint density at radius 3 is 2.56 bits per heavy atom. The van der Waals surface area contributed by atoms with Gasteiger partial charge in [-0.15, -0.1) is 0 Å². The fourth-order valence-electron chi connectivity index (χ4n) is 2.77. The number of carbonyl (C=O) groups excluding carboxylic acids is 1. The molecular weight excluding hydrogens is 344 g/mol. The number of fused-ring (bicyclic) bond motifs is 3. The zero-order chi connectivity index (χ0) is 16.8. The van der Waals surface area contributed by atoms with Crippen molar-refractivity contribution in [3.8, 4) is 23.0 Å². The Balaban J connectivity index is 1.33. The van der Waals surface area contributed by atoms with Crippen LogP contribution >= 0.6 is 11.3 Å². The van der Waals surface area contributed by atoms with E-state index in [0.717, 1.165) is 15.8 Å². The van der Waals surface area contributed by atoms with Crippen LogP contribution in [0.1, 0.15) is 5.56 Å². The van der Waals surface area contributed by atoms with Crippen LogP contribution in [0.3, 0.4) is 0 Å². The molecule has 0 aliphatic carbocycles. The third-order valence-corrected chi connectivity index (χ3v) is 4.86. The number of carbonyl (C=O) groups is 1. The maximum atomic E-state index is 12.3. The molecule has 5 rings (SSSR count). The molecule has 0 saturated heterocycles. The van der Waals surface area contributed by atoms with E-state index < -0.39 is 0 Å². The van der Waals surface area contributed by atoms with E-state index in [1.807, 2.05) is 30.3 Å². The molecule has 0 saturated carbocycles. The highest BCUT2D eigenvalue weighted by Crippen LogP contribution is 2.39. The van der Waals surface area contributed by atoms with E-state index in [4.69, 9.17) is 18.9 Å². The van der Waals surface area contributed by atoms with Crippen molar-refractivity contribution in [1.82, 2.24) is 4.98 Å². The predicted octanol–water partition coefficient (Wildman–Crippen LogP) is 2.93. The molecule has 0 unspecified atom stereocenters. The summed E-state index contributed by atoms with van der Waals surface area (Å²) in [5.74, 6) is 2.61. The number of anilines is 1. The van der Waals surface area contributed by atoms with Crippen molar-refractivity contribution in [2.45, 2.75) is 6.42 Å². The summed E-state index contributed by atoms with van der Waals surface area (Å²) >= 11 is 1.40. The number of rotatable bonds is 3. The summed E-state index contributed by atoms with van der Waals surface area (Å²) in [5.41, 5.74) is 1.62. The van der Waals surface area contributed by atoms with Gasteiger partial charge in [-0.2, -0.15) is 0 Å². The number of nitrogens with zero attached hydrogens (tertiary/aromatic N) is 1. The molecule has 8 heteroatoms. The molecule has 1 amide bonds. The summed E-state index contributed by atoms with van der Waals surface area (Å²) in [6, 6.07) is 9.18. The van der Waals surface area contributed by atoms with Gasteiger partial charge in [-0.1, -0.05) is 17.4 Å². The van der Waals surface area contributed by atoms with Gasteiger partial charge in [0.2, 0.25) is 19.5 Å². The monoisotopic (exact) mass is 356 g/mol. The molecule has 0 radical (unpaired) electrons. The van der Waals surface area contributed by atoms with Gasteiger partial charge in [0.15, 0.2) is 28.1 Å². The van der Waals surface area contributed by atoms with Crippen molar-refractivity contribution in [2.75, 3.05) is 18.9 Å². The molecule has 25 heavy (non-hydrogen) atoms. The second-order valence-corrected chi connectivity index (χ2v) is 6.64. The maximum Gasteiger partial charge on any atom is 0.231 e. The highest BCUT2D eigenvalue weighted by molar-refractivity contribution is 7.22. The normalized spacial score (nSPS) is 14.1. The molecule has 126 valence electrons. The number of benzene rings is 2. The second kappa shape index (κ2) is 5.52. The van der Waals surface area contributed by atoms with Gasteiger partial charge in [-0.25, -0.2) is 4.98 Å². The van der Waals surface area contributed by atoms with E-state index in [0.29, 0.717) is 28.1 Å². The third kappa shape index (κ3) is 2.60. The number of ether oxygens (including phenoxy) is 4. The fourth-order valence-corrected chi connectivity index (χ4v) is 3.66. The van der Waals surface area contributed by atoms with Gasteiger partial charge in [0, 0.05) is 12.1 Å². The summed E-state index contributed by atoms with van der Waals surface area (Å²) in [7, 11) is 0.